The summed E-state index contributed by atoms with van der Waals surface area (Å²) in [6.07, 6.45) is 14.9. The average molecular weight is 235 g/mol. The number of nitrogens with one attached hydrogen (secondary N) is 1. The third-order valence-electron chi connectivity index (χ3n) is 4.73. The van der Waals surface area contributed by atoms with E-state index in [1.54, 1.807) is 5.57 Å². The Morgan fingerprint density at radius 3 is 2.82 bits per heavy atom. The van der Waals surface area contributed by atoms with Gasteiger partial charge in [0.05, 0.1) is 0 Å². The van der Waals surface area contributed by atoms with Crippen molar-refractivity contribution in [3.63, 3.8) is 0 Å². The lowest BCUT2D eigenvalue weighted by molar-refractivity contribution is 0.168. The fraction of sp³-hybridized carbons (Fsp3) is 0.875. The van der Waals surface area contributed by atoms with Crippen LogP contribution in [0.1, 0.15) is 71.6 Å². The Morgan fingerprint density at radius 2 is 2.12 bits per heavy atom. The summed E-state index contributed by atoms with van der Waals surface area (Å²) >= 11 is 0. The Hall–Kier alpha value is -0.300. The molecule has 1 saturated carbocycles. The van der Waals surface area contributed by atoms with E-state index in [9.17, 15) is 0 Å². The fourth-order valence-corrected chi connectivity index (χ4v) is 3.41. The van der Waals surface area contributed by atoms with Gasteiger partial charge in [-0.1, -0.05) is 38.3 Å². The Bertz CT molecular complexity index is 265. The van der Waals surface area contributed by atoms with Crippen LogP contribution in [0, 0.1) is 5.41 Å². The molecule has 0 aliphatic heterocycles. The molecule has 2 rings (SSSR count). The van der Waals surface area contributed by atoms with Crippen molar-refractivity contribution in [2.45, 2.75) is 77.7 Å². The smallest absolute Gasteiger partial charge is 0.0118 e. The molecule has 0 heterocycles. The maximum Gasteiger partial charge on any atom is 0.0118 e. The molecule has 0 amide bonds. The molecule has 1 atom stereocenters. The summed E-state index contributed by atoms with van der Waals surface area (Å²) in [5, 5.41) is 3.82. The molecule has 0 aromatic carbocycles. The Morgan fingerprint density at radius 1 is 1.24 bits per heavy atom. The minimum Gasteiger partial charge on any atom is -0.313 e. The minimum atomic E-state index is 0.513. The second-order valence-corrected chi connectivity index (χ2v) is 6.60. The standard InChI is InChI=1S/C16H29N/c1-16(2)12-7-6-10-15(16)17-13-11-14-8-4-3-5-9-14/h8,15,17H,3-7,9-13H2,1-2H3. The molecule has 98 valence electrons. The summed E-state index contributed by atoms with van der Waals surface area (Å²) in [5.74, 6) is 0. The Balaban J connectivity index is 1.72. The fourth-order valence-electron chi connectivity index (χ4n) is 3.41. The molecule has 17 heavy (non-hydrogen) atoms. The van der Waals surface area contributed by atoms with Crippen molar-refractivity contribution >= 4 is 0 Å². The van der Waals surface area contributed by atoms with Gasteiger partial charge in [0, 0.05) is 6.04 Å². The lowest BCUT2D eigenvalue weighted by Crippen LogP contribution is -2.44. The van der Waals surface area contributed by atoms with Crippen molar-refractivity contribution < 1.29 is 0 Å². The first-order valence-corrected chi connectivity index (χ1v) is 7.60. The molecule has 1 fully saturated rings. The molecule has 1 heteroatoms. The zero-order chi connectivity index (χ0) is 12.1. The SMILES string of the molecule is CC1(C)CCCCC1NCCC1=CCCCC1. The lowest BCUT2D eigenvalue weighted by Gasteiger charge is -2.39. The molecule has 0 saturated heterocycles. The van der Waals surface area contributed by atoms with Crippen LogP contribution < -0.4 is 5.32 Å². The van der Waals surface area contributed by atoms with Gasteiger partial charge in [-0.05, 0) is 56.9 Å². The van der Waals surface area contributed by atoms with Crippen LogP contribution in [-0.2, 0) is 0 Å². The van der Waals surface area contributed by atoms with E-state index in [2.05, 4.69) is 25.2 Å². The summed E-state index contributed by atoms with van der Waals surface area (Å²) < 4.78 is 0. The van der Waals surface area contributed by atoms with Gasteiger partial charge < -0.3 is 5.32 Å². The quantitative estimate of drug-likeness (QED) is 0.711. The molecule has 0 spiro atoms. The van der Waals surface area contributed by atoms with E-state index >= 15 is 0 Å². The van der Waals surface area contributed by atoms with Gasteiger partial charge in [-0.15, -0.1) is 0 Å². The van der Waals surface area contributed by atoms with E-state index in [1.807, 2.05) is 0 Å². The highest BCUT2D eigenvalue weighted by Gasteiger charge is 2.31. The second kappa shape index (κ2) is 6.04. The summed E-state index contributed by atoms with van der Waals surface area (Å²) in [5.41, 5.74) is 2.22. The highest BCUT2D eigenvalue weighted by atomic mass is 14.9. The molecule has 0 bridgehead atoms. The van der Waals surface area contributed by atoms with Crippen LogP contribution in [0.25, 0.3) is 0 Å². The number of allylic oxidation sites excluding steroid dienone is 1. The normalized spacial score (nSPS) is 28.8. The molecule has 0 aromatic rings. The molecule has 1 N–H and O–H groups in total. The summed E-state index contributed by atoms with van der Waals surface area (Å²) in [6.45, 7) is 6.06. The first kappa shape index (κ1) is 13.1. The Labute approximate surface area is 107 Å². The molecule has 2 aliphatic rings. The van der Waals surface area contributed by atoms with Crippen LogP contribution >= 0.6 is 0 Å². The zero-order valence-electron chi connectivity index (χ0n) is 11.7. The average Bonchev–Trinajstić information content (AvgIpc) is 2.32. The van der Waals surface area contributed by atoms with Gasteiger partial charge in [-0.2, -0.15) is 0 Å². The van der Waals surface area contributed by atoms with Gasteiger partial charge in [-0.25, -0.2) is 0 Å². The van der Waals surface area contributed by atoms with Crippen LogP contribution in [0.4, 0.5) is 0 Å². The monoisotopic (exact) mass is 235 g/mol. The van der Waals surface area contributed by atoms with Gasteiger partial charge in [-0.3, -0.25) is 0 Å². The molecule has 0 aromatic heterocycles. The van der Waals surface area contributed by atoms with Gasteiger partial charge in [0.25, 0.3) is 0 Å². The van der Waals surface area contributed by atoms with E-state index in [4.69, 9.17) is 0 Å². The molecule has 1 nitrogen and oxygen atoms in total. The highest BCUT2D eigenvalue weighted by Crippen LogP contribution is 2.35. The van der Waals surface area contributed by atoms with Crippen molar-refractivity contribution in [1.29, 1.82) is 0 Å². The second-order valence-electron chi connectivity index (χ2n) is 6.60. The summed E-state index contributed by atoms with van der Waals surface area (Å²) in [6, 6.07) is 0.750. The minimum absolute atomic E-state index is 0.513. The number of hydrogen-bond acceptors (Lipinski definition) is 1. The molecular formula is C16H29N. The summed E-state index contributed by atoms with van der Waals surface area (Å²) in [4.78, 5) is 0. The maximum atomic E-state index is 3.82. The number of rotatable bonds is 4. The van der Waals surface area contributed by atoms with E-state index in [0.717, 1.165) is 6.04 Å². The predicted octanol–water partition coefficient (Wildman–Crippen LogP) is 4.44. The lowest BCUT2D eigenvalue weighted by atomic mass is 9.73. The highest BCUT2D eigenvalue weighted by molar-refractivity contribution is 5.05. The van der Waals surface area contributed by atoms with Gasteiger partial charge in [0.15, 0.2) is 0 Å². The number of hydrogen-bond donors (Lipinski definition) is 1. The molecular weight excluding hydrogens is 206 g/mol. The van der Waals surface area contributed by atoms with E-state index < -0.39 is 0 Å². The third-order valence-corrected chi connectivity index (χ3v) is 4.73. The van der Waals surface area contributed by atoms with Crippen molar-refractivity contribution in [3.8, 4) is 0 Å². The van der Waals surface area contributed by atoms with Gasteiger partial charge >= 0.3 is 0 Å². The van der Waals surface area contributed by atoms with Crippen molar-refractivity contribution in [3.05, 3.63) is 11.6 Å². The summed E-state index contributed by atoms with van der Waals surface area (Å²) in [7, 11) is 0. The first-order valence-electron chi connectivity index (χ1n) is 7.60. The van der Waals surface area contributed by atoms with Crippen LogP contribution in [0.5, 0.6) is 0 Å². The van der Waals surface area contributed by atoms with Crippen LogP contribution in [0.15, 0.2) is 11.6 Å². The maximum absolute atomic E-state index is 3.82. The van der Waals surface area contributed by atoms with Crippen molar-refractivity contribution in [2.24, 2.45) is 5.41 Å². The van der Waals surface area contributed by atoms with Crippen molar-refractivity contribution in [1.82, 2.24) is 5.32 Å². The molecule has 1 unspecified atom stereocenters. The van der Waals surface area contributed by atoms with Crippen LogP contribution in [-0.4, -0.2) is 12.6 Å². The topological polar surface area (TPSA) is 12.0 Å². The predicted molar refractivity (Wildman–Crippen MR) is 75.2 cm³/mol. The van der Waals surface area contributed by atoms with E-state index in [0.29, 0.717) is 5.41 Å². The van der Waals surface area contributed by atoms with Gasteiger partial charge in [0.2, 0.25) is 0 Å². The van der Waals surface area contributed by atoms with Crippen LogP contribution in [0.3, 0.4) is 0 Å². The Kier molecular flexibility index (Phi) is 4.67. The van der Waals surface area contributed by atoms with Crippen LogP contribution in [0.2, 0.25) is 0 Å². The van der Waals surface area contributed by atoms with Crippen molar-refractivity contribution in [2.75, 3.05) is 6.54 Å². The zero-order valence-corrected chi connectivity index (χ0v) is 11.7. The molecule has 0 radical (unpaired) electrons. The van der Waals surface area contributed by atoms with E-state index in [1.165, 1.54) is 64.3 Å². The molecule has 2 aliphatic carbocycles. The largest absolute Gasteiger partial charge is 0.313 e. The third kappa shape index (κ3) is 3.84. The van der Waals surface area contributed by atoms with E-state index in [-0.39, 0.29) is 0 Å². The first-order chi connectivity index (χ1) is 8.18. The van der Waals surface area contributed by atoms with Gasteiger partial charge in [0.1, 0.15) is 0 Å².